The van der Waals surface area contributed by atoms with E-state index in [1.807, 2.05) is 0 Å². The highest BCUT2D eigenvalue weighted by Crippen LogP contribution is 2.18. The second kappa shape index (κ2) is 4.51. The summed E-state index contributed by atoms with van der Waals surface area (Å²) in [6.45, 7) is -3.04. The lowest BCUT2D eigenvalue weighted by atomic mass is 10.3. The van der Waals surface area contributed by atoms with Crippen LogP contribution < -0.4 is 9.62 Å². The zero-order valence-electron chi connectivity index (χ0n) is 7.22. The van der Waals surface area contributed by atoms with E-state index in [1.165, 1.54) is 12.1 Å². The molecule has 0 aliphatic carbocycles. The molecule has 1 rings (SSSR count). The average molecular weight is 239 g/mol. The molecule has 1 aromatic rings. The Hall–Kier alpha value is -1.25. The van der Waals surface area contributed by atoms with E-state index >= 15 is 0 Å². The molecule has 0 fully saturated rings. The SMILES string of the molecule is O=S(=O)(NO)c1cccc(OC(F)F)c1. The second-order valence-electron chi connectivity index (χ2n) is 2.45. The van der Waals surface area contributed by atoms with Crippen molar-refractivity contribution in [1.82, 2.24) is 4.89 Å². The predicted octanol–water partition coefficient (Wildman–Crippen LogP) is 0.956. The Kier molecular flexibility index (Phi) is 3.56. The summed E-state index contributed by atoms with van der Waals surface area (Å²) >= 11 is 0. The van der Waals surface area contributed by atoms with Crippen LogP contribution in [0.2, 0.25) is 0 Å². The van der Waals surface area contributed by atoms with Gasteiger partial charge >= 0.3 is 6.61 Å². The minimum atomic E-state index is -4.08. The number of hydrogen-bond acceptors (Lipinski definition) is 4. The van der Waals surface area contributed by atoms with Gasteiger partial charge in [-0.3, -0.25) is 0 Å². The maximum Gasteiger partial charge on any atom is 0.387 e. The van der Waals surface area contributed by atoms with E-state index in [9.17, 15) is 17.2 Å². The van der Waals surface area contributed by atoms with Crippen molar-refractivity contribution in [2.24, 2.45) is 0 Å². The van der Waals surface area contributed by atoms with Crippen molar-refractivity contribution in [3.63, 3.8) is 0 Å². The molecule has 0 aromatic heterocycles. The fourth-order valence-corrected chi connectivity index (χ4v) is 1.50. The largest absolute Gasteiger partial charge is 0.435 e. The number of sulfonamides is 1. The molecular formula is C7H7F2NO4S. The minimum absolute atomic E-state index is 0.304. The summed E-state index contributed by atoms with van der Waals surface area (Å²) in [6.07, 6.45) is 0. The average Bonchev–Trinajstić information content (AvgIpc) is 2.17. The van der Waals surface area contributed by atoms with Gasteiger partial charge in [0, 0.05) is 6.07 Å². The fraction of sp³-hybridized carbons (Fsp3) is 0.143. The molecule has 2 N–H and O–H groups in total. The summed E-state index contributed by atoms with van der Waals surface area (Å²) in [5.74, 6) is -0.304. The van der Waals surface area contributed by atoms with Crippen molar-refractivity contribution >= 4 is 10.0 Å². The van der Waals surface area contributed by atoms with Crippen molar-refractivity contribution in [2.75, 3.05) is 0 Å². The van der Waals surface area contributed by atoms with Gasteiger partial charge in [0.15, 0.2) is 0 Å². The summed E-state index contributed by atoms with van der Waals surface area (Å²) in [7, 11) is -4.08. The van der Waals surface area contributed by atoms with Gasteiger partial charge in [0.25, 0.3) is 10.0 Å². The van der Waals surface area contributed by atoms with Gasteiger partial charge in [0.2, 0.25) is 0 Å². The number of hydrogen-bond donors (Lipinski definition) is 2. The molecule has 0 spiro atoms. The van der Waals surface area contributed by atoms with Crippen molar-refractivity contribution in [3.05, 3.63) is 24.3 Å². The first-order valence-corrected chi connectivity index (χ1v) is 5.15. The third-order valence-corrected chi connectivity index (χ3v) is 2.58. The maximum absolute atomic E-state index is 11.8. The number of ether oxygens (including phenoxy) is 1. The Morgan fingerprint density at radius 1 is 1.40 bits per heavy atom. The molecule has 8 heteroatoms. The Balaban J connectivity index is 3.03. The van der Waals surface area contributed by atoms with Crippen LogP contribution >= 0.6 is 0 Å². The smallest absolute Gasteiger partial charge is 0.387 e. The van der Waals surface area contributed by atoms with Crippen LogP contribution in [0.15, 0.2) is 29.2 Å². The summed E-state index contributed by atoms with van der Waals surface area (Å²) in [4.78, 5) is 0.695. The molecule has 0 atom stereocenters. The van der Waals surface area contributed by atoms with Gasteiger partial charge in [-0.25, -0.2) is 8.42 Å². The molecule has 0 aliphatic heterocycles. The van der Waals surface area contributed by atoms with Crippen LogP contribution in [0.4, 0.5) is 8.78 Å². The highest BCUT2D eigenvalue weighted by molar-refractivity contribution is 7.89. The van der Waals surface area contributed by atoms with Crippen LogP contribution in [0.5, 0.6) is 5.75 Å². The predicted molar refractivity (Wildman–Crippen MR) is 45.2 cm³/mol. The molecule has 15 heavy (non-hydrogen) atoms. The van der Waals surface area contributed by atoms with Gasteiger partial charge in [0.1, 0.15) is 5.75 Å². The molecule has 0 saturated carbocycles. The Labute approximate surface area is 84.3 Å². The molecule has 0 aliphatic rings. The Bertz CT molecular complexity index is 434. The third-order valence-electron chi connectivity index (χ3n) is 1.46. The van der Waals surface area contributed by atoms with Crippen molar-refractivity contribution < 1.29 is 27.1 Å². The third kappa shape index (κ3) is 3.11. The van der Waals surface area contributed by atoms with Gasteiger partial charge < -0.3 is 9.94 Å². The quantitative estimate of drug-likeness (QED) is 0.767. The topological polar surface area (TPSA) is 75.6 Å². The van der Waals surface area contributed by atoms with Gasteiger partial charge in [0.05, 0.1) is 4.90 Å². The maximum atomic E-state index is 11.8. The first kappa shape index (κ1) is 11.8. The second-order valence-corrected chi connectivity index (χ2v) is 4.11. The lowest BCUT2D eigenvalue weighted by Gasteiger charge is -2.06. The lowest BCUT2D eigenvalue weighted by molar-refractivity contribution is -0.0499. The van der Waals surface area contributed by atoms with Crippen molar-refractivity contribution in [2.45, 2.75) is 11.5 Å². The fourth-order valence-electron chi connectivity index (χ4n) is 0.870. The summed E-state index contributed by atoms with van der Waals surface area (Å²) < 4.78 is 49.6. The summed E-state index contributed by atoms with van der Waals surface area (Å²) in [5.41, 5.74) is 0. The van der Waals surface area contributed by atoms with E-state index in [1.54, 1.807) is 0 Å². The van der Waals surface area contributed by atoms with Gasteiger partial charge in [-0.05, 0) is 12.1 Å². The van der Waals surface area contributed by atoms with Crippen LogP contribution in [0.1, 0.15) is 0 Å². The van der Waals surface area contributed by atoms with Crippen LogP contribution in [0, 0.1) is 0 Å². The van der Waals surface area contributed by atoms with Crippen LogP contribution in [0.25, 0.3) is 0 Å². The van der Waals surface area contributed by atoms with Crippen molar-refractivity contribution in [3.8, 4) is 5.75 Å². The molecule has 0 amide bonds. The molecular weight excluding hydrogens is 232 g/mol. The van der Waals surface area contributed by atoms with E-state index in [-0.39, 0.29) is 10.6 Å². The number of rotatable bonds is 4. The van der Waals surface area contributed by atoms with Gasteiger partial charge in [-0.1, -0.05) is 11.0 Å². The summed E-state index contributed by atoms with van der Waals surface area (Å²) in [5, 5.41) is 8.29. The lowest BCUT2D eigenvalue weighted by Crippen LogP contribution is -2.19. The zero-order valence-corrected chi connectivity index (χ0v) is 8.04. The van der Waals surface area contributed by atoms with Crippen LogP contribution in [0.3, 0.4) is 0 Å². The number of halogens is 2. The number of nitrogens with one attached hydrogen (secondary N) is 1. The van der Waals surface area contributed by atoms with E-state index < -0.39 is 16.6 Å². The molecule has 0 saturated heterocycles. The molecule has 5 nitrogen and oxygen atoms in total. The van der Waals surface area contributed by atoms with E-state index in [4.69, 9.17) is 5.21 Å². The van der Waals surface area contributed by atoms with Crippen LogP contribution in [-0.4, -0.2) is 20.2 Å². The molecule has 1 aromatic carbocycles. The normalized spacial score (nSPS) is 11.7. The standard InChI is InChI=1S/C7H7F2NO4S/c8-7(9)14-5-2-1-3-6(4-5)15(12,13)10-11/h1-4,7,10-11H. The first-order chi connectivity index (χ1) is 6.95. The Morgan fingerprint density at radius 3 is 2.60 bits per heavy atom. The molecule has 84 valence electrons. The molecule has 0 bridgehead atoms. The Morgan fingerprint density at radius 2 is 2.07 bits per heavy atom. The van der Waals surface area contributed by atoms with E-state index in [2.05, 4.69) is 4.74 Å². The van der Waals surface area contributed by atoms with Crippen molar-refractivity contribution in [1.29, 1.82) is 0 Å². The number of alkyl halides is 2. The van der Waals surface area contributed by atoms with Gasteiger partial charge in [-0.15, -0.1) is 0 Å². The highest BCUT2D eigenvalue weighted by atomic mass is 32.2. The number of benzene rings is 1. The first-order valence-electron chi connectivity index (χ1n) is 3.66. The van der Waals surface area contributed by atoms with E-state index in [0.717, 1.165) is 17.0 Å². The summed E-state index contributed by atoms with van der Waals surface area (Å²) in [6, 6.07) is 4.37. The molecule has 0 unspecified atom stereocenters. The molecule has 0 heterocycles. The highest BCUT2D eigenvalue weighted by Gasteiger charge is 2.14. The van der Waals surface area contributed by atoms with Gasteiger partial charge in [-0.2, -0.15) is 8.78 Å². The van der Waals surface area contributed by atoms with E-state index in [0.29, 0.717) is 0 Å². The monoisotopic (exact) mass is 239 g/mol. The minimum Gasteiger partial charge on any atom is -0.435 e. The zero-order chi connectivity index (χ0) is 11.5. The molecule has 0 radical (unpaired) electrons. The van der Waals surface area contributed by atoms with Crippen LogP contribution in [-0.2, 0) is 10.0 Å².